The minimum absolute atomic E-state index is 0.0355. The van der Waals surface area contributed by atoms with Crippen molar-refractivity contribution in [3.8, 4) is 5.75 Å². The highest BCUT2D eigenvalue weighted by atomic mass is 32.1. The van der Waals surface area contributed by atoms with Crippen molar-refractivity contribution in [2.75, 3.05) is 37.0 Å². The Bertz CT molecular complexity index is 1250. The minimum Gasteiger partial charge on any atom is -0.504 e. The Morgan fingerprint density at radius 2 is 2.15 bits per heavy atom. The number of fused-ring (bicyclic) bond motifs is 2. The van der Waals surface area contributed by atoms with Crippen LogP contribution < -0.4 is 20.3 Å². The topological polar surface area (TPSA) is 88.6 Å². The predicted molar refractivity (Wildman–Crippen MR) is 134 cm³/mol. The van der Waals surface area contributed by atoms with Crippen LogP contribution in [0.25, 0.3) is 6.08 Å². The second kappa shape index (κ2) is 8.98. The lowest BCUT2D eigenvalue weighted by molar-refractivity contribution is 0.0948. The van der Waals surface area contributed by atoms with Crippen LogP contribution in [0.5, 0.6) is 5.75 Å². The number of carbonyl (C=O) groups is 1. The molecule has 0 radical (unpaired) electrons. The maximum atomic E-state index is 12.7. The fraction of sp³-hybridized carbons (Fsp3) is 0.320. The fourth-order valence-corrected chi connectivity index (χ4v) is 5.10. The molecule has 0 atom stereocenters. The molecule has 176 valence electrons. The van der Waals surface area contributed by atoms with Gasteiger partial charge in [0.25, 0.3) is 5.91 Å². The van der Waals surface area contributed by atoms with Crippen molar-refractivity contribution < 1.29 is 14.3 Å². The fourth-order valence-electron chi connectivity index (χ4n) is 4.06. The molecule has 0 unspecified atom stereocenters. The first kappa shape index (κ1) is 22.2. The summed E-state index contributed by atoms with van der Waals surface area (Å²) in [4.78, 5) is 25.0. The first-order chi connectivity index (χ1) is 16.4. The summed E-state index contributed by atoms with van der Waals surface area (Å²) in [5.74, 6) is 1.47. The number of amides is 1. The van der Waals surface area contributed by atoms with E-state index in [1.165, 1.54) is 11.3 Å². The number of aromatic nitrogens is 2. The average molecular weight is 478 g/mol. The number of pyridine rings is 1. The number of nitrogens with one attached hydrogen (secondary N) is 2. The number of nitrogens with zero attached hydrogens (tertiary/aromatic N) is 3. The number of rotatable bonds is 5. The maximum absolute atomic E-state index is 12.7. The van der Waals surface area contributed by atoms with Gasteiger partial charge in [-0.1, -0.05) is 31.3 Å². The molecule has 0 fully saturated rings. The average Bonchev–Trinajstić information content (AvgIpc) is 3.19. The first-order valence-corrected chi connectivity index (χ1v) is 12.0. The van der Waals surface area contributed by atoms with Gasteiger partial charge in [-0.2, -0.15) is 0 Å². The Hall–Kier alpha value is -3.59. The number of anilines is 4. The molecular weight excluding hydrogens is 450 g/mol. The molecule has 0 spiro atoms. The van der Waals surface area contributed by atoms with Gasteiger partial charge in [0.1, 0.15) is 23.1 Å². The summed E-state index contributed by atoms with van der Waals surface area (Å²) in [6.07, 6.45) is 4.16. The molecule has 2 aliphatic rings. The first-order valence-electron chi connectivity index (χ1n) is 11.2. The molecule has 5 rings (SSSR count). The second-order valence-corrected chi connectivity index (χ2v) is 10.1. The highest BCUT2D eigenvalue weighted by Crippen LogP contribution is 2.42. The lowest BCUT2D eigenvalue weighted by Crippen LogP contribution is -2.32. The van der Waals surface area contributed by atoms with Crippen LogP contribution in [-0.4, -0.2) is 42.7 Å². The zero-order chi connectivity index (χ0) is 23.7. The number of carbonyl (C=O) groups excluding carboxylic acids is 1. The normalized spacial score (nSPS) is 16.8. The quantitative estimate of drug-likeness (QED) is 0.513. The molecule has 1 amide bonds. The van der Waals surface area contributed by atoms with E-state index in [4.69, 9.17) is 14.5 Å². The van der Waals surface area contributed by atoms with Gasteiger partial charge < -0.3 is 25.0 Å². The van der Waals surface area contributed by atoms with E-state index < -0.39 is 0 Å². The summed E-state index contributed by atoms with van der Waals surface area (Å²) >= 11 is 1.44. The van der Waals surface area contributed by atoms with Gasteiger partial charge >= 0.3 is 0 Å². The van der Waals surface area contributed by atoms with Crippen molar-refractivity contribution in [3.05, 3.63) is 58.9 Å². The number of thiazole rings is 1. The van der Waals surface area contributed by atoms with E-state index >= 15 is 0 Å². The van der Waals surface area contributed by atoms with Crippen LogP contribution in [0.4, 0.5) is 22.3 Å². The molecule has 0 saturated heterocycles. The number of benzene rings is 1. The van der Waals surface area contributed by atoms with Crippen molar-refractivity contribution in [1.29, 1.82) is 0 Å². The highest BCUT2D eigenvalue weighted by molar-refractivity contribution is 7.17. The van der Waals surface area contributed by atoms with Gasteiger partial charge in [-0.25, -0.2) is 9.97 Å². The molecular formula is C25H27N5O3S. The molecule has 1 aromatic carbocycles. The Morgan fingerprint density at radius 3 is 3.00 bits per heavy atom. The third-order valence-electron chi connectivity index (χ3n) is 5.74. The van der Waals surface area contributed by atoms with Gasteiger partial charge in [-0.15, -0.1) is 0 Å². The van der Waals surface area contributed by atoms with Crippen LogP contribution >= 0.6 is 11.3 Å². The SMILES string of the molecule is CO/C=C/c1cccc(Nc2ccc3c(c2)N(c2nc4c(s2)C(=O)NCC(C)(C)C4)CCO3)n1. The molecule has 0 aliphatic carbocycles. The summed E-state index contributed by atoms with van der Waals surface area (Å²) in [6.45, 7) is 6.16. The number of hydrogen-bond donors (Lipinski definition) is 2. The van der Waals surface area contributed by atoms with Crippen LogP contribution in [0.3, 0.4) is 0 Å². The molecule has 9 heteroatoms. The molecule has 34 heavy (non-hydrogen) atoms. The molecule has 3 aromatic rings. The van der Waals surface area contributed by atoms with Gasteiger partial charge in [0.2, 0.25) is 0 Å². The summed E-state index contributed by atoms with van der Waals surface area (Å²) < 4.78 is 10.9. The van der Waals surface area contributed by atoms with Crippen LogP contribution in [0.15, 0.2) is 42.7 Å². The zero-order valence-corrected chi connectivity index (χ0v) is 20.2. The summed E-state index contributed by atoms with van der Waals surface area (Å²) in [6, 6.07) is 11.7. The molecule has 0 saturated carbocycles. The van der Waals surface area contributed by atoms with Gasteiger partial charge in [0, 0.05) is 12.2 Å². The van der Waals surface area contributed by atoms with E-state index in [0.29, 0.717) is 24.6 Å². The largest absolute Gasteiger partial charge is 0.504 e. The van der Waals surface area contributed by atoms with Crippen LogP contribution in [0.2, 0.25) is 0 Å². The number of hydrogen-bond acceptors (Lipinski definition) is 8. The Morgan fingerprint density at radius 1 is 1.26 bits per heavy atom. The van der Waals surface area contributed by atoms with Gasteiger partial charge in [0.05, 0.1) is 37.0 Å². The van der Waals surface area contributed by atoms with E-state index in [9.17, 15) is 4.79 Å². The predicted octanol–water partition coefficient (Wildman–Crippen LogP) is 4.74. The van der Waals surface area contributed by atoms with Crippen LogP contribution in [0.1, 0.15) is 34.9 Å². The molecule has 0 bridgehead atoms. The van der Waals surface area contributed by atoms with Crippen LogP contribution in [-0.2, 0) is 11.2 Å². The van der Waals surface area contributed by atoms with E-state index in [0.717, 1.165) is 45.9 Å². The minimum atomic E-state index is -0.0401. The lowest BCUT2D eigenvalue weighted by Gasteiger charge is -2.29. The third kappa shape index (κ3) is 4.56. The molecule has 4 heterocycles. The van der Waals surface area contributed by atoms with Crippen molar-refractivity contribution in [2.45, 2.75) is 20.3 Å². The van der Waals surface area contributed by atoms with E-state index in [-0.39, 0.29) is 11.3 Å². The summed E-state index contributed by atoms with van der Waals surface area (Å²) in [5.41, 5.74) is 3.42. The summed E-state index contributed by atoms with van der Waals surface area (Å²) in [7, 11) is 1.60. The smallest absolute Gasteiger partial charge is 0.263 e. The standard InChI is InChI=1S/C25H27N5O3S/c1-25(2)14-18-22(23(31)26-15-25)34-24(29-18)30-10-12-33-20-8-7-17(13-19(20)30)28-21-6-4-5-16(27-21)9-11-32-3/h4-9,11,13H,10,12,14-15H2,1-3H3,(H,26,31)(H,27,28)/b11-9+. The third-order valence-corrected chi connectivity index (χ3v) is 6.86. The van der Waals surface area contributed by atoms with E-state index in [1.54, 1.807) is 19.4 Å². The van der Waals surface area contributed by atoms with Crippen molar-refractivity contribution in [1.82, 2.24) is 15.3 Å². The molecule has 8 nitrogen and oxygen atoms in total. The maximum Gasteiger partial charge on any atom is 0.263 e. The Kier molecular flexibility index (Phi) is 5.87. The van der Waals surface area contributed by atoms with Crippen molar-refractivity contribution >= 4 is 45.6 Å². The van der Waals surface area contributed by atoms with Gasteiger partial charge in [-0.05, 0) is 48.2 Å². The van der Waals surface area contributed by atoms with Gasteiger partial charge in [-0.3, -0.25) is 4.79 Å². The molecule has 2 aliphatic heterocycles. The Labute approximate surface area is 202 Å². The van der Waals surface area contributed by atoms with Crippen molar-refractivity contribution in [3.63, 3.8) is 0 Å². The number of methoxy groups -OCH3 is 1. The monoisotopic (exact) mass is 477 g/mol. The van der Waals surface area contributed by atoms with E-state index in [2.05, 4.69) is 34.4 Å². The van der Waals surface area contributed by atoms with Crippen LogP contribution in [0, 0.1) is 5.41 Å². The zero-order valence-electron chi connectivity index (χ0n) is 19.4. The van der Waals surface area contributed by atoms with E-state index in [1.807, 2.05) is 36.4 Å². The van der Waals surface area contributed by atoms with Crippen molar-refractivity contribution in [2.24, 2.45) is 5.41 Å². The Balaban J connectivity index is 1.45. The molecule has 2 aromatic heterocycles. The second-order valence-electron chi connectivity index (χ2n) is 9.09. The lowest BCUT2D eigenvalue weighted by atomic mass is 9.88. The summed E-state index contributed by atoms with van der Waals surface area (Å²) in [5, 5.41) is 7.22. The highest BCUT2D eigenvalue weighted by Gasteiger charge is 2.32. The number of ether oxygens (including phenoxy) is 2. The van der Waals surface area contributed by atoms with Gasteiger partial charge in [0.15, 0.2) is 5.13 Å². The molecule has 2 N–H and O–H groups in total.